The lowest BCUT2D eigenvalue weighted by atomic mass is 10.0. The minimum absolute atomic E-state index is 0.0581. The van der Waals surface area contributed by atoms with E-state index < -0.39 is 49.2 Å². The van der Waals surface area contributed by atoms with Crippen molar-refractivity contribution in [1.82, 2.24) is 4.90 Å². The molecule has 0 aliphatic rings. The van der Waals surface area contributed by atoms with Gasteiger partial charge in [-0.2, -0.15) is 0 Å². The molecule has 0 heterocycles. The largest absolute Gasteiger partial charge is 0.480 e. The first-order valence-corrected chi connectivity index (χ1v) is 16.7. The number of aryl methyl sites for hydroxylation is 4. The van der Waals surface area contributed by atoms with Crippen LogP contribution < -0.4 is 0 Å². The first-order valence-electron chi connectivity index (χ1n) is 16.7. The zero-order valence-electron chi connectivity index (χ0n) is 28.3. The van der Waals surface area contributed by atoms with E-state index in [9.17, 15) is 29.4 Å². The summed E-state index contributed by atoms with van der Waals surface area (Å²) in [6.45, 7) is 4.67. The van der Waals surface area contributed by atoms with Crippen molar-refractivity contribution in [3.8, 4) is 0 Å². The second kappa shape index (κ2) is 20.2. The second-order valence-corrected chi connectivity index (χ2v) is 12.0. The molecular weight excluding hydrogens is 614 g/mol. The summed E-state index contributed by atoms with van der Waals surface area (Å²) in [4.78, 5) is 50.8. The Balaban J connectivity index is 1.61. The monoisotopic (exact) mass is 663 g/mol. The van der Waals surface area contributed by atoms with Crippen LogP contribution in [0, 0.1) is 13.8 Å². The molecule has 0 spiro atoms. The number of carboxylic acid groups (broad SMARTS) is 2. The summed E-state index contributed by atoms with van der Waals surface area (Å²) in [6, 6.07) is 20.8. The van der Waals surface area contributed by atoms with E-state index in [-0.39, 0.29) is 19.8 Å². The number of benzene rings is 3. The zero-order chi connectivity index (χ0) is 34.9. The Morgan fingerprint density at radius 2 is 1.40 bits per heavy atom. The molecule has 1 amide bonds. The normalized spacial score (nSPS) is 12.4. The Morgan fingerprint density at radius 3 is 2.06 bits per heavy atom. The van der Waals surface area contributed by atoms with E-state index in [2.05, 4.69) is 62.4 Å². The number of hydrogen-bond acceptors (Lipinski definition) is 7. The van der Waals surface area contributed by atoms with Crippen LogP contribution in [0.25, 0.3) is 10.8 Å². The van der Waals surface area contributed by atoms with Gasteiger partial charge < -0.3 is 29.3 Å². The molecule has 10 heteroatoms. The number of esters is 1. The lowest BCUT2D eigenvalue weighted by Crippen LogP contribution is -2.52. The third kappa shape index (κ3) is 12.7. The van der Waals surface area contributed by atoms with Gasteiger partial charge >= 0.3 is 17.9 Å². The van der Waals surface area contributed by atoms with Gasteiger partial charge in [0.15, 0.2) is 12.2 Å². The second-order valence-electron chi connectivity index (χ2n) is 12.0. The molecule has 48 heavy (non-hydrogen) atoms. The fraction of sp³-hybridized carbons (Fsp3) is 0.474. The number of fused-ring (bicyclic) bond motifs is 1. The van der Waals surface area contributed by atoms with E-state index in [4.69, 9.17) is 14.2 Å². The maximum Gasteiger partial charge on any atom is 0.336 e. The molecule has 0 aliphatic heterocycles. The Hall–Kier alpha value is -4.28. The molecule has 0 saturated carbocycles. The molecule has 260 valence electrons. The maximum atomic E-state index is 13.7. The highest BCUT2D eigenvalue weighted by Gasteiger charge is 2.39. The molecule has 0 aliphatic carbocycles. The number of amides is 1. The van der Waals surface area contributed by atoms with Gasteiger partial charge in [-0.25, -0.2) is 9.59 Å². The van der Waals surface area contributed by atoms with Crippen molar-refractivity contribution in [3.05, 3.63) is 82.9 Å². The molecule has 3 aromatic rings. The van der Waals surface area contributed by atoms with Crippen LogP contribution in [0.3, 0.4) is 0 Å². The first kappa shape index (κ1) is 38.2. The van der Waals surface area contributed by atoms with Crippen molar-refractivity contribution in [2.24, 2.45) is 0 Å². The fourth-order valence-corrected chi connectivity index (χ4v) is 5.53. The van der Waals surface area contributed by atoms with Gasteiger partial charge in [-0.3, -0.25) is 9.59 Å². The number of ether oxygens (including phenoxy) is 3. The van der Waals surface area contributed by atoms with Crippen molar-refractivity contribution < 1.29 is 43.6 Å². The Labute approximate surface area is 283 Å². The maximum absolute atomic E-state index is 13.7. The lowest BCUT2D eigenvalue weighted by molar-refractivity contribution is -0.178. The summed E-state index contributed by atoms with van der Waals surface area (Å²) >= 11 is 0. The smallest absolute Gasteiger partial charge is 0.336 e. The number of hydrogen-bond donors (Lipinski definition) is 2. The summed E-state index contributed by atoms with van der Waals surface area (Å²) in [5.41, 5.74) is 4.89. The number of carboxylic acids is 2. The molecule has 0 fully saturated rings. The van der Waals surface area contributed by atoms with Crippen LogP contribution in [0.4, 0.5) is 0 Å². The predicted octanol–water partition coefficient (Wildman–Crippen LogP) is 5.91. The fourth-order valence-electron chi connectivity index (χ4n) is 5.53. The standard InChI is InChI=1S/C38H49NO9/c1-4-46-34(42)26-48-36(38(44)45)35(47-22-12-6-8-13-29-18-17-27(2)28(3)23-29)37(43)39(25-33(40)41)21-11-5-7-14-30-19-20-31-15-9-10-16-32(31)24-30/h9-10,15-20,23-24,35-36H,4-8,11-14,21-22,25-26H2,1-3H3,(H,40,41)(H,44,45)/t35-,36-/m1/s1. The van der Waals surface area contributed by atoms with Crippen molar-refractivity contribution in [1.29, 1.82) is 0 Å². The van der Waals surface area contributed by atoms with Crippen LogP contribution in [0.15, 0.2) is 60.7 Å². The number of unbranched alkanes of at least 4 members (excludes halogenated alkanes) is 4. The van der Waals surface area contributed by atoms with E-state index in [0.717, 1.165) is 43.4 Å². The molecule has 2 atom stereocenters. The van der Waals surface area contributed by atoms with Gasteiger partial charge in [0.2, 0.25) is 0 Å². The van der Waals surface area contributed by atoms with Crippen molar-refractivity contribution in [3.63, 3.8) is 0 Å². The van der Waals surface area contributed by atoms with E-state index in [0.29, 0.717) is 12.8 Å². The van der Waals surface area contributed by atoms with Gasteiger partial charge in [0.1, 0.15) is 13.2 Å². The molecule has 3 aromatic carbocycles. The van der Waals surface area contributed by atoms with Crippen LogP contribution in [-0.4, -0.2) is 84.0 Å². The van der Waals surface area contributed by atoms with E-state index in [1.807, 2.05) is 12.1 Å². The van der Waals surface area contributed by atoms with Crippen molar-refractivity contribution >= 4 is 34.6 Å². The van der Waals surface area contributed by atoms with Gasteiger partial charge in [0.05, 0.1) is 6.61 Å². The van der Waals surface area contributed by atoms with Gasteiger partial charge in [0, 0.05) is 13.2 Å². The highest BCUT2D eigenvalue weighted by atomic mass is 16.6. The lowest BCUT2D eigenvalue weighted by Gasteiger charge is -2.29. The third-order valence-electron chi connectivity index (χ3n) is 8.27. The van der Waals surface area contributed by atoms with Crippen LogP contribution in [0.2, 0.25) is 0 Å². The Kier molecular flexibility index (Phi) is 16.0. The summed E-state index contributed by atoms with van der Waals surface area (Å²) in [5, 5.41) is 21.9. The minimum Gasteiger partial charge on any atom is -0.480 e. The number of aliphatic carboxylic acids is 2. The molecule has 0 saturated heterocycles. The van der Waals surface area contributed by atoms with Crippen LogP contribution in [0.5, 0.6) is 0 Å². The highest BCUT2D eigenvalue weighted by molar-refractivity contribution is 5.90. The molecule has 0 unspecified atom stereocenters. The molecule has 0 bridgehead atoms. The van der Waals surface area contributed by atoms with Gasteiger partial charge in [-0.05, 0) is 92.3 Å². The topological polar surface area (TPSA) is 140 Å². The van der Waals surface area contributed by atoms with Crippen LogP contribution >= 0.6 is 0 Å². The van der Waals surface area contributed by atoms with E-state index in [1.54, 1.807) is 6.92 Å². The summed E-state index contributed by atoms with van der Waals surface area (Å²) < 4.78 is 16.0. The summed E-state index contributed by atoms with van der Waals surface area (Å²) in [5.74, 6) is -4.32. The number of nitrogens with zero attached hydrogens (tertiary/aromatic N) is 1. The summed E-state index contributed by atoms with van der Waals surface area (Å²) in [7, 11) is 0. The van der Waals surface area contributed by atoms with Crippen LogP contribution in [0.1, 0.15) is 67.7 Å². The van der Waals surface area contributed by atoms with E-state index in [1.165, 1.54) is 33.0 Å². The molecular formula is C38H49NO9. The van der Waals surface area contributed by atoms with Crippen molar-refractivity contribution in [2.75, 3.05) is 32.9 Å². The van der Waals surface area contributed by atoms with Crippen LogP contribution in [-0.2, 0) is 46.2 Å². The Bertz CT molecular complexity index is 1500. The molecule has 3 rings (SSSR count). The van der Waals surface area contributed by atoms with Gasteiger partial charge in [0.25, 0.3) is 5.91 Å². The SMILES string of the molecule is CCOC(=O)CO[C@@H](C(=O)O)[C@@H](OCCCCCc1ccc(C)c(C)c1)C(=O)N(CCCCCc1ccc2ccccc2c1)CC(=O)O. The number of carbonyl (C=O) groups is 4. The number of rotatable bonds is 22. The zero-order valence-corrected chi connectivity index (χ0v) is 28.3. The average molecular weight is 664 g/mol. The quantitative estimate of drug-likeness (QED) is 0.0991. The molecule has 10 nitrogen and oxygen atoms in total. The highest BCUT2D eigenvalue weighted by Crippen LogP contribution is 2.19. The van der Waals surface area contributed by atoms with Gasteiger partial charge in [-0.1, -0.05) is 73.5 Å². The number of carbonyl (C=O) groups excluding carboxylic acids is 2. The van der Waals surface area contributed by atoms with E-state index >= 15 is 0 Å². The molecule has 0 aromatic heterocycles. The molecule has 2 N–H and O–H groups in total. The molecule has 0 radical (unpaired) electrons. The summed E-state index contributed by atoms with van der Waals surface area (Å²) in [6.07, 6.45) is 2.48. The third-order valence-corrected chi connectivity index (χ3v) is 8.27. The first-order chi connectivity index (χ1) is 23.1. The van der Waals surface area contributed by atoms with Crippen molar-refractivity contribution in [2.45, 2.75) is 84.3 Å². The Morgan fingerprint density at radius 1 is 0.729 bits per heavy atom. The van der Waals surface area contributed by atoms with Gasteiger partial charge in [-0.15, -0.1) is 0 Å². The minimum atomic E-state index is -1.83. The predicted molar refractivity (Wildman–Crippen MR) is 183 cm³/mol. The average Bonchev–Trinajstić information content (AvgIpc) is 3.05.